The van der Waals surface area contributed by atoms with Gasteiger partial charge < -0.3 is 5.11 Å². The molecule has 4 saturated carbocycles. The van der Waals surface area contributed by atoms with Gasteiger partial charge in [-0.3, -0.25) is 4.79 Å². The van der Waals surface area contributed by atoms with Crippen molar-refractivity contribution < 1.29 is 9.90 Å². The largest absolute Gasteiger partial charge is 0.392 e. The van der Waals surface area contributed by atoms with Crippen LogP contribution in [-0.4, -0.2) is 17.0 Å². The summed E-state index contributed by atoms with van der Waals surface area (Å²) < 4.78 is 0. The lowest BCUT2D eigenvalue weighted by Crippen LogP contribution is -2.62. The van der Waals surface area contributed by atoms with Crippen LogP contribution < -0.4 is 0 Å². The minimum Gasteiger partial charge on any atom is -0.392 e. The summed E-state index contributed by atoms with van der Waals surface area (Å²) in [4.78, 5) is 11.8. The van der Waals surface area contributed by atoms with E-state index in [0.29, 0.717) is 5.78 Å². The predicted octanol–water partition coefficient (Wildman–Crippen LogP) is 1.52. The second kappa shape index (κ2) is 2.00. The van der Waals surface area contributed by atoms with Crippen LogP contribution in [0.1, 0.15) is 39.0 Å². The highest BCUT2D eigenvalue weighted by atomic mass is 16.3. The maximum absolute atomic E-state index is 11.8. The molecule has 0 heterocycles. The van der Waals surface area contributed by atoms with Crippen LogP contribution in [0.3, 0.4) is 0 Å². The molecule has 2 bridgehead atoms. The molecular formula is C11H16O2. The number of Topliss-reactive ketones (excluding diaryl/α,β-unsaturated/α-hetero) is 1. The van der Waals surface area contributed by atoms with E-state index in [1.807, 2.05) is 0 Å². The first-order valence-corrected chi connectivity index (χ1v) is 5.35. The van der Waals surface area contributed by atoms with Gasteiger partial charge in [0.1, 0.15) is 5.78 Å². The number of carbonyl (C=O) groups is 1. The van der Waals surface area contributed by atoms with E-state index in [9.17, 15) is 9.90 Å². The lowest BCUT2D eigenvalue weighted by Gasteiger charge is -2.58. The Morgan fingerprint density at radius 1 is 1.38 bits per heavy atom. The average Bonchev–Trinajstić information content (AvgIpc) is 2.51. The highest BCUT2D eigenvalue weighted by Gasteiger charge is 2.77. The zero-order chi connectivity index (χ0) is 9.27. The first-order chi connectivity index (χ1) is 6.13. The fraction of sp³-hybridized carbons (Fsp3) is 0.909. The van der Waals surface area contributed by atoms with Gasteiger partial charge in [0.15, 0.2) is 0 Å². The summed E-state index contributed by atoms with van der Waals surface area (Å²) in [6, 6.07) is 0. The van der Waals surface area contributed by atoms with Crippen LogP contribution in [0, 0.1) is 16.7 Å². The van der Waals surface area contributed by atoms with Crippen LogP contribution in [0.5, 0.6) is 0 Å². The van der Waals surface area contributed by atoms with E-state index in [-0.39, 0.29) is 22.9 Å². The standard InChI is InChI=1S/C11H16O2/c1-10-4-2-3-5-11(10)8(12)6-7(10)9(11)13/h7-8,12H,2-6H2,1H3/t7?,8-,10-,11?/m0/s1. The molecule has 1 spiro atoms. The van der Waals surface area contributed by atoms with Crippen molar-refractivity contribution in [3.05, 3.63) is 0 Å². The Morgan fingerprint density at radius 2 is 2.08 bits per heavy atom. The van der Waals surface area contributed by atoms with Gasteiger partial charge >= 0.3 is 0 Å². The minimum absolute atomic E-state index is 0.168. The maximum Gasteiger partial charge on any atom is 0.145 e. The lowest BCUT2D eigenvalue weighted by atomic mass is 9.43. The van der Waals surface area contributed by atoms with E-state index < -0.39 is 0 Å². The Bertz CT molecular complexity index is 286. The fourth-order valence-corrected chi connectivity index (χ4v) is 4.32. The van der Waals surface area contributed by atoms with Crippen molar-refractivity contribution in [3.8, 4) is 0 Å². The van der Waals surface area contributed by atoms with Crippen molar-refractivity contribution in [3.63, 3.8) is 0 Å². The van der Waals surface area contributed by atoms with Gasteiger partial charge in [-0.25, -0.2) is 0 Å². The lowest BCUT2D eigenvalue weighted by molar-refractivity contribution is -0.176. The van der Waals surface area contributed by atoms with Gasteiger partial charge in [-0.1, -0.05) is 19.8 Å². The zero-order valence-corrected chi connectivity index (χ0v) is 8.05. The van der Waals surface area contributed by atoms with Gasteiger partial charge in [0.2, 0.25) is 0 Å². The first-order valence-electron chi connectivity index (χ1n) is 5.35. The minimum atomic E-state index is -0.324. The van der Waals surface area contributed by atoms with Crippen molar-refractivity contribution >= 4 is 5.78 Å². The van der Waals surface area contributed by atoms with Crippen LogP contribution in [0.25, 0.3) is 0 Å². The van der Waals surface area contributed by atoms with Gasteiger partial charge in [0.05, 0.1) is 11.5 Å². The fourth-order valence-electron chi connectivity index (χ4n) is 4.32. The molecule has 0 amide bonds. The number of hydrogen-bond acceptors (Lipinski definition) is 2. The third-order valence-electron chi connectivity index (χ3n) is 5.09. The van der Waals surface area contributed by atoms with Crippen LogP contribution in [-0.2, 0) is 4.79 Å². The molecular weight excluding hydrogens is 164 g/mol. The van der Waals surface area contributed by atoms with E-state index >= 15 is 0 Å². The number of aliphatic hydroxyl groups excluding tert-OH is 1. The van der Waals surface area contributed by atoms with Gasteiger partial charge in [-0.05, 0) is 24.7 Å². The van der Waals surface area contributed by atoms with Crippen LogP contribution in [0.4, 0.5) is 0 Å². The van der Waals surface area contributed by atoms with Gasteiger partial charge in [0.25, 0.3) is 0 Å². The number of ketones is 1. The van der Waals surface area contributed by atoms with Gasteiger partial charge in [-0.15, -0.1) is 0 Å². The number of fused-ring (bicyclic) bond motifs is 1. The maximum atomic E-state index is 11.8. The highest BCUT2D eigenvalue weighted by molar-refractivity contribution is 5.98. The molecule has 0 saturated heterocycles. The summed E-state index contributed by atoms with van der Waals surface area (Å²) in [5.41, 5.74) is -0.127. The Morgan fingerprint density at radius 3 is 2.69 bits per heavy atom. The van der Waals surface area contributed by atoms with Crippen molar-refractivity contribution in [1.29, 1.82) is 0 Å². The Labute approximate surface area is 78.3 Å². The first kappa shape index (κ1) is 7.98. The number of carbonyl (C=O) groups excluding carboxylic acids is 1. The summed E-state index contributed by atoms with van der Waals surface area (Å²) in [6.45, 7) is 2.22. The Kier molecular flexibility index (Phi) is 1.23. The number of hydrogen-bond donors (Lipinski definition) is 1. The van der Waals surface area contributed by atoms with Crippen molar-refractivity contribution in [2.45, 2.75) is 45.1 Å². The van der Waals surface area contributed by atoms with Crippen molar-refractivity contribution in [1.82, 2.24) is 0 Å². The number of rotatable bonds is 0. The monoisotopic (exact) mass is 180 g/mol. The molecule has 2 heteroatoms. The molecule has 1 N–H and O–H groups in total. The van der Waals surface area contributed by atoms with E-state index in [4.69, 9.17) is 0 Å². The second-order valence-corrected chi connectivity index (χ2v) is 5.26. The van der Waals surface area contributed by atoms with E-state index in [1.165, 1.54) is 6.42 Å². The van der Waals surface area contributed by atoms with Gasteiger partial charge in [0, 0.05) is 5.92 Å². The summed E-state index contributed by atoms with van der Waals surface area (Å²) in [6.07, 6.45) is 4.89. The van der Waals surface area contributed by atoms with Crippen LogP contribution >= 0.6 is 0 Å². The average molecular weight is 180 g/mol. The number of aliphatic hydroxyl groups is 1. The second-order valence-electron chi connectivity index (χ2n) is 5.26. The van der Waals surface area contributed by atoms with Gasteiger partial charge in [-0.2, -0.15) is 0 Å². The van der Waals surface area contributed by atoms with Crippen molar-refractivity contribution in [2.24, 2.45) is 16.7 Å². The topological polar surface area (TPSA) is 37.3 Å². The molecule has 4 fully saturated rings. The molecule has 4 aliphatic rings. The molecule has 0 radical (unpaired) electrons. The molecule has 0 aromatic carbocycles. The SMILES string of the molecule is C[C@@]12CCCCC13C(=O)C2C[C@@H]3O. The highest BCUT2D eigenvalue weighted by Crippen LogP contribution is 2.73. The van der Waals surface area contributed by atoms with E-state index in [0.717, 1.165) is 25.7 Å². The Balaban J connectivity index is 2.10. The smallest absolute Gasteiger partial charge is 0.145 e. The molecule has 4 aliphatic carbocycles. The summed E-state index contributed by atoms with van der Waals surface area (Å²) in [5.74, 6) is 0.574. The molecule has 0 aliphatic heterocycles. The molecule has 2 unspecified atom stereocenters. The molecule has 2 nitrogen and oxygen atoms in total. The van der Waals surface area contributed by atoms with E-state index in [1.54, 1.807) is 0 Å². The molecule has 4 atom stereocenters. The Hall–Kier alpha value is -0.370. The quantitative estimate of drug-likeness (QED) is 0.613. The summed E-state index contributed by atoms with van der Waals surface area (Å²) in [5, 5.41) is 9.94. The molecule has 0 aromatic rings. The summed E-state index contributed by atoms with van der Waals surface area (Å²) >= 11 is 0. The molecule has 72 valence electrons. The zero-order valence-electron chi connectivity index (χ0n) is 8.05. The molecule has 13 heavy (non-hydrogen) atoms. The predicted molar refractivity (Wildman–Crippen MR) is 48.1 cm³/mol. The van der Waals surface area contributed by atoms with Crippen molar-refractivity contribution in [2.75, 3.05) is 0 Å². The normalized spacial score (nSPS) is 58.8. The van der Waals surface area contributed by atoms with Crippen LogP contribution in [0.15, 0.2) is 0 Å². The molecule has 4 rings (SSSR count). The molecule has 0 aromatic heterocycles. The van der Waals surface area contributed by atoms with Crippen LogP contribution in [0.2, 0.25) is 0 Å². The summed E-state index contributed by atoms with van der Waals surface area (Å²) in [7, 11) is 0. The third-order valence-corrected chi connectivity index (χ3v) is 5.09. The third kappa shape index (κ3) is 0.567. The van der Waals surface area contributed by atoms with E-state index in [2.05, 4.69) is 6.92 Å².